The fraction of sp³-hybridized carbons (Fsp3) is 1.00. The van der Waals surface area contributed by atoms with Gasteiger partial charge in [-0.3, -0.25) is 4.90 Å². The Bertz CT molecular complexity index is 204. The smallest absolute Gasteiger partial charge is 0.0586 e. The molecule has 1 unspecified atom stereocenters. The molecule has 0 aromatic carbocycles. The number of nitrogens with zero attached hydrogens (tertiary/aromatic N) is 1. The van der Waals surface area contributed by atoms with E-state index in [9.17, 15) is 5.11 Å². The predicted octanol–water partition coefficient (Wildman–Crippen LogP) is 1.86. The van der Waals surface area contributed by atoms with Crippen molar-refractivity contribution < 1.29 is 5.11 Å². The standard InChI is InChI=1S/C14H30N2O/c1-4-14(5-2,11-15-6-3)12-16-9-7-8-13(16)10-17/h13,15,17H,4-12H2,1-3H3. The molecule has 3 heteroatoms. The SMILES string of the molecule is CCNCC(CC)(CC)CN1CCCC1CO. The molecule has 1 heterocycles. The van der Waals surface area contributed by atoms with Gasteiger partial charge >= 0.3 is 0 Å². The van der Waals surface area contributed by atoms with E-state index in [2.05, 4.69) is 31.0 Å². The molecule has 17 heavy (non-hydrogen) atoms. The summed E-state index contributed by atoms with van der Waals surface area (Å²) in [6.07, 6.45) is 4.84. The zero-order chi connectivity index (χ0) is 12.7. The van der Waals surface area contributed by atoms with Crippen molar-refractivity contribution in [1.82, 2.24) is 10.2 Å². The van der Waals surface area contributed by atoms with Gasteiger partial charge in [-0.1, -0.05) is 20.8 Å². The molecule has 0 amide bonds. The first-order valence-electron chi connectivity index (χ1n) is 7.27. The van der Waals surface area contributed by atoms with Crippen molar-refractivity contribution in [2.75, 3.05) is 32.8 Å². The van der Waals surface area contributed by atoms with Crippen LogP contribution in [-0.2, 0) is 0 Å². The van der Waals surface area contributed by atoms with E-state index in [0.717, 1.165) is 19.6 Å². The van der Waals surface area contributed by atoms with E-state index < -0.39 is 0 Å². The number of nitrogens with one attached hydrogen (secondary N) is 1. The van der Waals surface area contributed by atoms with E-state index in [1.54, 1.807) is 0 Å². The van der Waals surface area contributed by atoms with Crippen LogP contribution in [0.5, 0.6) is 0 Å². The van der Waals surface area contributed by atoms with Crippen LogP contribution in [0.1, 0.15) is 46.5 Å². The summed E-state index contributed by atoms with van der Waals surface area (Å²) < 4.78 is 0. The molecule has 0 saturated carbocycles. The zero-order valence-electron chi connectivity index (χ0n) is 11.8. The fourth-order valence-corrected chi connectivity index (χ4v) is 2.91. The van der Waals surface area contributed by atoms with Crippen LogP contribution in [0, 0.1) is 5.41 Å². The Morgan fingerprint density at radius 3 is 2.53 bits per heavy atom. The number of aliphatic hydroxyl groups excluding tert-OH is 1. The van der Waals surface area contributed by atoms with Crippen molar-refractivity contribution in [3.63, 3.8) is 0 Å². The van der Waals surface area contributed by atoms with E-state index in [1.807, 2.05) is 0 Å². The molecule has 102 valence electrons. The first-order chi connectivity index (χ1) is 8.21. The average molecular weight is 242 g/mol. The summed E-state index contributed by atoms with van der Waals surface area (Å²) in [6.45, 7) is 11.5. The highest BCUT2D eigenvalue weighted by atomic mass is 16.3. The quantitative estimate of drug-likeness (QED) is 0.682. The second kappa shape index (κ2) is 7.34. The van der Waals surface area contributed by atoms with Crippen LogP contribution in [-0.4, -0.2) is 48.8 Å². The molecule has 1 aliphatic heterocycles. The topological polar surface area (TPSA) is 35.5 Å². The summed E-state index contributed by atoms with van der Waals surface area (Å²) in [7, 11) is 0. The first kappa shape index (κ1) is 14.9. The van der Waals surface area contributed by atoms with Gasteiger partial charge in [-0.25, -0.2) is 0 Å². The van der Waals surface area contributed by atoms with Crippen LogP contribution < -0.4 is 5.32 Å². The number of rotatable bonds is 8. The molecule has 0 spiro atoms. The van der Waals surface area contributed by atoms with Crippen molar-refractivity contribution >= 4 is 0 Å². The van der Waals surface area contributed by atoms with Gasteiger partial charge in [-0.05, 0) is 44.2 Å². The average Bonchev–Trinajstić information content (AvgIpc) is 2.81. The summed E-state index contributed by atoms with van der Waals surface area (Å²) >= 11 is 0. The monoisotopic (exact) mass is 242 g/mol. The molecule has 2 N–H and O–H groups in total. The maximum Gasteiger partial charge on any atom is 0.0586 e. The molecule has 0 aromatic heterocycles. The van der Waals surface area contributed by atoms with Crippen LogP contribution in [0.15, 0.2) is 0 Å². The van der Waals surface area contributed by atoms with Gasteiger partial charge in [0.2, 0.25) is 0 Å². The minimum absolute atomic E-state index is 0.324. The van der Waals surface area contributed by atoms with E-state index in [0.29, 0.717) is 18.1 Å². The Hall–Kier alpha value is -0.120. The molecule has 0 bridgehead atoms. The van der Waals surface area contributed by atoms with Crippen LogP contribution in [0.25, 0.3) is 0 Å². The second-order valence-corrected chi connectivity index (χ2v) is 5.44. The molecule has 0 aromatic rings. The Morgan fingerprint density at radius 2 is 2.00 bits per heavy atom. The van der Waals surface area contributed by atoms with Crippen LogP contribution in [0.2, 0.25) is 0 Å². The highest BCUT2D eigenvalue weighted by Crippen LogP contribution is 2.30. The molecule has 1 aliphatic rings. The Labute approximate surface area is 107 Å². The summed E-state index contributed by atoms with van der Waals surface area (Å²) in [5.41, 5.74) is 0.383. The Kier molecular flexibility index (Phi) is 6.45. The third kappa shape index (κ3) is 3.94. The third-order valence-corrected chi connectivity index (χ3v) is 4.50. The molecular formula is C14H30N2O. The molecule has 1 rings (SSSR count). The lowest BCUT2D eigenvalue weighted by Gasteiger charge is -2.38. The van der Waals surface area contributed by atoms with Crippen molar-refractivity contribution in [2.24, 2.45) is 5.41 Å². The largest absolute Gasteiger partial charge is 0.395 e. The molecule has 1 atom stereocenters. The van der Waals surface area contributed by atoms with Crippen LogP contribution in [0.3, 0.4) is 0 Å². The van der Waals surface area contributed by atoms with Gasteiger partial charge in [0.15, 0.2) is 0 Å². The maximum atomic E-state index is 9.40. The van der Waals surface area contributed by atoms with Gasteiger partial charge in [-0.15, -0.1) is 0 Å². The minimum atomic E-state index is 0.324. The molecule has 1 fully saturated rings. The number of likely N-dealkylation sites (tertiary alicyclic amines) is 1. The summed E-state index contributed by atoms with van der Waals surface area (Å²) in [4.78, 5) is 2.50. The number of hydrogen-bond acceptors (Lipinski definition) is 3. The molecule has 0 aliphatic carbocycles. The summed E-state index contributed by atoms with van der Waals surface area (Å²) in [6, 6.07) is 0.411. The normalized spacial score (nSPS) is 22.2. The Morgan fingerprint density at radius 1 is 1.29 bits per heavy atom. The van der Waals surface area contributed by atoms with E-state index in [4.69, 9.17) is 0 Å². The fourth-order valence-electron chi connectivity index (χ4n) is 2.91. The second-order valence-electron chi connectivity index (χ2n) is 5.44. The molecule has 3 nitrogen and oxygen atoms in total. The Balaban J connectivity index is 2.58. The molecule has 0 radical (unpaired) electrons. The predicted molar refractivity (Wildman–Crippen MR) is 73.2 cm³/mol. The van der Waals surface area contributed by atoms with Gasteiger partial charge < -0.3 is 10.4 Å². The van der Waals surface area contributed by atoms with Crippen molar-refractivity contribution in [1.29, 1.82) is 0 Å². The zero-order valence-corrected chi connectivity index (χ0v) is 11.8. The van der Waals surface area contributed by atoms with Crippen molar-refractivity contribution in [2.45, 2.75) is 52.5 Å². The number of hydrogen-bond donors (Lipinski definition) is 2. The van der Waals surface area contributed by atoms with Gasteiger partial charge in [0.25, 0.3) is 0 Å². The highest BCUT2D eigenvalue weighted by molar-refractivity contribution is 4.88. The van der Waals surface area contributed by atoms with E-state index >= 15 is 0 Å². The van der Waals surface area contributed by atoms with Crippen LogP contribution in [0.4, 0.5) is 0 Å². The lowest BCUT2D eigenvalue weighted by molar-refractivity contribution is 0.0942. The van der Waals surface area contributed by atoms with E-state index in [1.165, 1.54) is 32.2 Å². The van der Waals surface area contributed by atoms with Crippen LogP contribution >= 0.6 is 0 Å². The lowest BCUT2D eigenvalue weighted by Crippen LogP contribution is -2.46. The summed E-state index contributed by atoms with van der Waals surface area (Å²) in [5.74, 6) is 0. The number of aliphatic hydroxyl groups is 1. The van der Waals surface area contributed by atoms with Gasteiger partial charge in [0.05, 0.1) is 6.61 Å². The van der Waals surface area contributed by atoms with Gasteiger partial charge in [0, 0.05) is 19.1 Å². The first-order valence-corrected chi connectivity index (χ1v) is 7.27. The third-order valence-electron chi connectivity index (χ3n) is 4.50. The van der Waals surface area contributed by atoms with Gasteiger partial charge in [0.1, 0.15) is 0 Å². The summed E-state index contributed by atoms with van der Waals surface area (Å²) in [5, 5.41) is 12.9. The maximum absolute atomic E-state index is 9.40. The van der Waals surface area contributed by atoms with Gasteiger partial charge in [-0.2, -0.15) is 0 Å². The molecular weight excluding hydrogens is 212 g/mol. The van der Waals surface area contributed by atoms with Crippen molar-refractivity contribution in [3.05, 3.63) is 0 Å². The minimum Gasteiger partial charge on any atom is -0.395 e. The van der Waals surface area contributed by atoms with E-state index in [-0.39, 0.29) is 0 Å². The highest BCUT2D eigenvalue weighted by Gasteiger charge is 2.33. The van der Waals surface area contributed by atoms with Crippen molar-refractivity contribution in [3.8, 4) is 0 Å². The lowest BCUT2D eigenvalue weighted by atomic mass is 9.81. The molecule has 1 saturated heterocycles.